The number of rotatable bonds is 6. The zero-order valence-electron chi connectivity index (χ0n) is 11.3. The van der Waals surface area contributed by atoms with Crippen molar-refractivity contribution >= 4 is 0 Å². The molecule has 0 aliphatic carbocycles. The first-order valence-electron chi connectivity index (χ1n) is 6.73. The summed E-state index contributed by atoms with van der Waals surface area (Å²) in [6.07, 6.45) is 2.61. The Balaban J connectivity index is 1.81. The van der Waals surface area contributed by atoms with Gasteiger partial charge >= 0.3 is 0 Å². The molecule has 1 saturated heterocycles. The molecule has 2 unspecified atom stereocenters. The Morgan fingerprint density at radius 3 is 3.06 bits per heavy atom. The topological polar surface area (TPSA) is 30.5 Å². The third-order valence-electron chi connectivity index (χ3n) is 3.41. The predicted octanol–water partition coefficient (Wildman–Crippen LogP) is 2.45. The van der Waals surface area contributed by atoms with E-state index in [1.165, 1.54) is 17.5 Å². The molecule has 0 aromatic heterocycles. The molecular formula is C15H23NO2. The summed E-state index contributed by atoms with van der Waals surface area (Å²) in [5, 5.41) is 3.31. The third-order valence-corrected chi connectivity index (χ3v) is 3.41. The first kappa shape index (κ1) is 13.5. The molecule has 1 N–H and O–H groups in total. The highest BCUT2D eigenvalue weighted by atomic mass is 16.5. The molecule has 18 heavy (non-hydrogen) atoms. The van der Waals surface area contributed by atoms with E-state index in [0.717, 1.165) is 13.0 Å². The Labute approximate surface area is 109 Å². The average Bonchev–Trinajstić information content (AvgIpc) is 2.88. The van der Waals surface area contributed by atoms with Crippen molar-refractivity contribution in [2.75, 3.05) is 26.9 Å². The molecule has 2 atom stereocenters. The summed E-state index contributed by atoms with van der Waals surface area (Å²) >= 11 is 0. The maximum absolute atomic E-state index is 5.78. The second-order valence-electron chi connectivity index (χ2n) is 4.93. The lowest BCUT2D eigenvalue weighted by atomic mass is 10.1. The molecule has 1 aliphatic rings. The normalized spacial score (nSPS) is 21.1. The molecule has 1 fully saturated rings. The van der Waals surface area contributed by atoms with Crippen LogP contribution in [0.5, 0.6) is 0 Å². The summed E-state index contributed by atoms with van der Waals surface area (Å²) in [5.41, 5.74) is 2.57. The number of aryl methyl sites for hydroxylation is 1. The first-order valence-corrected chi connectivity index (χ1v) is 6.73. The van der Waals surface area contributed by atoms with Crippen molar-refractivity contribution in [2.45, 2.75) is 31.9 Å². The molecule has 0 amide bonds. The van der Waals surface area contributed by atoms with Gasteiger partial charge in [0.05, 0.1) is 25.4 Å². The van der Waals surface area contributed by atoms with Crippen LogP contribution < -0.4 is 5.32 Å². The van der Waals surface area contributed by atoms with Gasteiger partial charge in [-0.2, -0.15) is 0 Å². The number of benzene rings is 1. The van der Waals surface area contributed by atoms with Crippen LogP contribution in [0.2, 0.25) is 0 Å². The predicted molar refractivity (Wildman–Crippen MR) is 72.8 cm³/mol. The summed E-state index contributed by atoms with van der Waals surface area (Å²) in [4.78, 5) is 0. The molecule has 1 aromatic carbocycles. The van der Waals surface area contributed by atoms with Crippen LogP contribution in [0.25, 0.3) is 0 Å². The molecule has 0 spiro atoms. The minimum atomic E-state index is 0.256. The first-order chi connectivity index (χ1) is 8.79. The minimum Gasteiger partial charge on any atom is -0.377 e. The van der Waals surface area contributed by atoms with Crippen LogP contribution in [-0.4, -0.2) is 33.0 Å². The number of hydrogen-bond donors (Lipinski definition) is 1. The summed E-state index contributed by atoms with van der Waals surface area (Å²) in [7, 11) is 1.97. The van der Waals surface area contributed by atoms with Crippen LogP contribution in [0.1, 0.15) is 30.0 Å². The minimum absolute atomic E-state index is 0.256. The van der Waals surface area contributed by atoms with Crippen LogP contribution in [0, 0.1) is 6.92 Å². The molecule has 3 nitrogen and oxygen atoms in total. The van der Waals surface area contributed by atoms with E-state index in [1.54, 1.807) is 0 Å². The number of ether oxygens (including phenoxy) is 2. The van der Waals surface area contributed by atoms with Gasteiger partial charge in [-0.25, -0.2) is 0 Å². The van der Waals surface area contributed by atoms with E-state index in [0.29, 0.717) is 19.3 Å². The van der Waals surface area contributed by atoms with Crippen LogP contribution in [0.15, 0.2) is 24.3 Å². The molecule has 1 aliphatic heterocycles. The van der Waals surface area contributed by atoms with Crippen molar-refractivity contribution < 1.29 is 9.47 Å². The van der Waals surface area contributed by atoms with Crippen LogP contribution in [0.4, 0.5) is 0 Å². The Kier molecular flexibility index (Phi) is 5.17. The zero-order valence-corrected chi connectivity index (χ0v) is 11.3. The number of nitrogens with one attached hydrogen (secondary N) is 1. The smallest absolute Gasteiger partial charge is 0.0809 e. The van der Waals surface area contributed by atoms with Crippen LogP contribution in [0.3, 0.4) is 0 Å². The van der Waals surface area contributed by atoms with Crippen LogP contribution >= 0.6 is 0 Å². The Hall–Kier alpha value is -0.900. The van der Waals surface area contributed by atoms with Gasteiger partial charge in [-0.05, 0) is 32.4 Å². The lowest BCUT2D eigenvalue weighted by Crippen LogP contribution is -2.24. The summed E-state index contributed by atoms with van der Waals surface area (Å²) in [6.45, 7) is 4.41. The van der Waals surface area contributed by atoms with Gasteiger partial charge in [-0.1, -0.05) is 29.8 Å². The van der Waals surface area contributed by atoms with Gasteiger partial charge in [0.15, 0.2) is 0 Å². The molecule has 1 heterocycles. The van der Waals surface area contributed by atoms with Gasteiger partial charge in [-0.3, -0.25) is 0 Å². The number of likely N-dealkylation sites (N-methyl/N-ethyl adjacent to an activating group) is 1. The molecule has 0 radical (unpaired) electrons. The lowest BCUT2D eigenvalue weighted by molar-refractivity contribution is 0.0105. The van der Waals surface area contributed by atoms with Gasteiger partial charge in [0.1, 0.15) is 0 Å². The highest BCUT2D eigenvalue weighted by Gasteiger charge is 2.16. The van der Waals surface area contributed by atoms with Gasteiger partial charge in [-0.15, -0.1) is 0 Å². The molecule has 0 saturated carbocycles. The van der Waals surface area contributed by atoms with Gasteiger partial charge in [0, 0.05) is 6.61 Å². The highest BCUT2D eigenvalue weighted by Crippen LogP contribution is 2.16. The second kappa shape index (κ2) is 6.88. The summed E-state index contributed by atoms with van der Waals surface area (Å²) in [6, 6.07) is 8.81. The Morgan fingerprint density at radius 2 is 2.39 bits per heavy atom. The van der Waals surface area contributed by atoms with E-state index in [1.807, 2.05) is 7.05 Å². The zero-order chi connectivity index (χ0) is 12.8. The molecular weight excluding hydrogens is 226 g/mol. The SMILES string of the molecule is CNC(COCC1CCCO1)c1cccc(C)c1. The largest absolute Gasteiger partial charge is 0.377 e. The summed E-state index contributed by atoms with van der Waals surface area (Å²) in [5.74, 6) is 0. The van der Waals surface area contributed by atoms with E-state index in [4.69, 9.17) is 9.47 Å². The fourth-order valence-electron chi connectivity index (χ4n) is 2.33. The quantitative estimate of drug-likeness (QED) is 0.840. The Bertz CT molecular complexity index is 361. The average molecular weight is 249 g/mol. The molecule has 2 rings (SSSR count). The van der Waals surface area contributed by atoms with E-state index in [2.05, 4.69) is 36.5 Å². The van der Waals surface area contributed by atoms with Crippen molar-refractivity contribution in [2.24, 2.45) is 0 Å². The highest BCUT2D eigenvalue weighted by molar-refractivity contribution is 5.25. The monoisotopic (exact) mass is 249 g/mol. The van der Waals surface area contributed by atoms with E-state index < -0.39 is 0 Å². The van der Waals surface area contributed by atoms with Crippen molar-refractivity contribution in [1.82, 2.24) is 5.32 Å². The molecule has 100 valence electrons. The third kappa shape index (κ3) is 3.80. The molecule has 0 bridgehead atoms. The van der Waals surface area contributed by atoms with Crippen LogP contribution in [-0.2, 0) is 9.47 Å². The molecule has 3 heteroatoms. The van der Waals surface area contributed by atoms with Gasteiger partial charge < -0.3 is 14.8 Å². The fourth-order valence-corrected chi connectivity index (χ4v) is 2.33. The standard InChI is InChI=1S/C15H23NO2/c1-12-5-3-6-13(9-12)15(16-2)11-17-10-14-7-4-8-18-14/h3,5-6,9,14-16H,4,7-8,10-11H2,1-2H3. The van der Waals surface area contributed by atoms with Crippen molar-refractivity contribution in [3.63, 3.8) is 0 Å². The number of hydrogen-bond acceptors (Lipinski definition) is 3. The lowest BCUT2D eigenvalue weighted by Gasteiger charge is -2.18. The van der Waals surface area contributed by atoms with E-state index in [-0.39, 0.29) is 6.04 Å². The molecule has 1 aromatic rings. The Morgan fingerprint density at radius 1 is 1.50 bits per heavy atom. The van der Waals surface area contributed by atoms with E-state index in [9.17, 15) is 0 Å². The fraction of sp³-hybridized carbons (Fsp3) is 0.600. The maximum Gasteiger partial charge on any atom is 0.0809 e. The van der Waals surface area contributed by atoms with Crippen molar-refractivity contribution in [1.29, 1.82) is 0 Å². The van der Waals surface area contributed by atoms with Crippen molar-refractivity contribution in [3.05, 3.63) is 35.4 Å². The van der Waals surface area contributed by atoms with Gasteiger partial charge in [0.25, 0.3) is 0 Å². The van der Waals surface area contributed by atoms with E-state index >= 15 is 0 Å². The second-order valence-corrected chi connectivity index (χ2v) is 4.93. The van der Waals surface area contributed by atoms with Gasteiger partial charge in [0.2, 0.25) is 0 Å². The summed E-state index contributed by atoms with van der Waals surface area (Å²) < 4.78 is 11.3. The van der Waals surface area contributed by atoms with Crippen molar-refractivity contribution in [3.8, 4) is 0 Å². The maximum atomic E-state index is 5.78.